The molecule has 14 heavy (non-hydrogen) atoms. The lowest BCUT2D eigenvalue weighted by atomic mass is 10.2. The quantitative estimate of drug-likeness (QED) is 0.701. The monoisotopic (exact) mass is 196 g/mol. The van der Waals surface area contributed by atoms with Gasteiger partial charge in [0, 0.05) is 19.2 Å². The average molecular weight is 196 g/mol. The molecule has 1 N–H and O–H groups in total. The van der Waals surface area contributed by atoms with E-state index in [4.69, 9.17) is 4.52 Å². The van der Waals surface area contributed by atoms with Crippen LogP contribution in [0.15, 0.2) is 10.6 Å². The topological polar surface area (TPSA) is 38.1 Å². The molecule has 0 aromatic carbocycles. The van der Waals surface area contributed by atoms with Crippen LogP contribution in [-0.2, 0) is 6.54 Å². The van der Waals surface area contributed by atoms with Crippen LogP contribution in [-0.4, -0.2) is 42.9 Å². The molecule has 0 atom stereocenters. The Kier molecular flexibility index (Phi) is 2.56. The predicted octanol–water partition coefficient (Wildman–Crippen LogP) is 0.533. The summed E-state index contributed by atoms with van der Waals surface area (Å²) in [6, 6.07) is 2.03. The van der Waals surface area contributed by atoms with Crippen LogP contribution < -0.4 is 5.32 Å². The first-order valence-electron chi connectivity index (χ1n) is 5.14. The summed E-state index contributed by atoms with van der Waals surface area (Å²) in [5.41, 5.74) is 0.974. The van der Waals surface area contributed by atoms with Gasteiger partial charge < -0.3 is 14.3 Å². The molecule has 1 aliphatic heterocycles. The lowest BCUT2D eigenvalue weighted by molar-refractivity contribution is -0.925. The van der Waals surface area contributed by atoms with Crippen molar-refractivity contribution in [2.24, 2.45) is 0 Å². The fourth-order valence-corrected chi connectivity index (χ4v) is 1.96. The Morgan fingerprint density at radius 1 is 1.50 bits per heavy atom. The molecular weight excluding hydrogens is 178 g/mol. The summed E-state index contributed by atoms with van der Waals surface area (Å²) >= 11 is 0. The lowest BCUT2D eigenvalue weighted by Gasteiger charge is -2.37. The van der Waals surface area contributed by atoms with E-state index in [1.807, 2.05) is 13.0 Å². The third kappa shape index (κ3) is 2.13. The van der Waals surface area contributed by atoms with Crippen molar-refractivity contribution in [1.29, 1.82) is 0 Å². The summed E-state index contributed by atoms with van der Waals surface area (Å²) in [7, 11) is 2.28. The molecule has 1 aromatic heterocycles. The van der Waals surface area contributed by atoms with Gasteiger partial charge in [0.25, 0.3) is 0 Å². The molecule has 2 heterocycles. The molecule has 0 bridgehead atoms. The van der Waals surface area contributed by atoms with Crippen LogP contribution in [0.4, 0.5) is 0 Å². The maximum Gasteiger partial charge on any atom is 0.191 e. The number of hydrogen-bond donors (Lipinski definition) is 1. The maximum absolute atomic E-state index is 5.25. The summed E-state index contributed by atoms with van der Waals surface area (Å²) in [4.78, 5) is 0. The number of aromatic nitrogens is 1. The van der Waals surface area contributed by atoms with E-state index in [1.165, 1.54) is 13.1 Å². The number of hydrogen-bond acceptors (Lipinski definition) is 3. The number of quaternary nitrogens is 1. The molecule has 78 valence electrons. The summed E-state index contributed by atoms with van der Waals surface area (Å²) in [6.07, 6.45) is 0. The van der Waals surface area contributed by atoms with Crippen molar-refractivity contribution in [3.05, 3.63) is 17.5 Å². The first-order chi connectivity index (χ1) is 6.68. The third-order valence-electron chi connectivity index (χ3n) is 2.87. The summed E-state index contributed by atoms with van der Waals surface area (Å²) < 4.78 is 6.30. The molecule has 0 unspecified atom stereocenters. The highest BCUT2D eigenvalue weighted by molar-refractivity contribution is 5.01. The normalized spacial score (nSPS) is 21.0. The van der Waals surface area contributed by atoms with Crippen LogP contribution in [0.1, 0.15) is 11.5 Å². The molecule has 1 fully saturated rings. The molecule has 1 aliphatic rings. The van der Waals surface area contributed by atoms with Crippen molar-refractivity contribution < 1.29 is 9.01 Å². The minimum atomic E-state index is 0.961. The minimum Gasteiger partial charge on any atom is -0.355 e. The zero-order valence-corrected chi connectivity index (χ0v) is 8.92. The first kappa shape index (κ1) is 9.68. The highest BCUT2D eigenvalue weighted by Crippen LogP contribution is 2.13. The maximum atomic E-state index is 5.25. The van der Waals surface area contributed by atoms with E-state index in [0.29, 0.717) is 0 Å². The molecule has 2 rings (SSSR count). The van der Waals surface area contributed by atoms with Crippen molar-refractivity contribution >= 4 is 0 Å². The second kappa shape index (κ2) is 3.71. The van der Waals surface area contributed by atoms with E-state index in [2.05, 4.69) is 17.5 Å². The van der Waals surface area contributed by atoms with Gasteiger partial charge in [-0.05, 0) is 6.92 Å². The SMILES string of the molecule is Cc1cc(C[N+]2(C)CCNCC2)on1. The van der Waals surface area contributed by atoms with Crippen LogP contribution in [0.3, 0.4) is 0 Å². The zero-order chi connectivity index (χ0) is 10.0. The van der Waals surface area contributed by atoms with Gasteiger partial charge in [-0.3, -0.25) is 0 Å². The highest BCUT2D eigenvalue weighted by atomic mass is 16.5. The Bertz CT molecular complexity index is 302. The van der Waals surface area contributed by atoms with Crippen LogP contribution in [0, 0.1) is 6.92 Å². The largest absolute Gasteiger partial charge is 0.355 e. The van der Waals surface area contributed by atoms with Gasteiger partial charge >= 0.3 is 0 Å². The van der Waals surface area contributed by atoms with Crippen molar-refractivity contribution in [3.63, 3.8) is 0 Å². The van der Waals surface area contributed by atoms with Gasteiger partial charge in [-0.2, -0.15) is 0 Å². The number of nitrogens with one attached hydrogen (secondary N) is 1. The van der Waals surface area contributed by atoms with Gasteiger partial charge in [0.2, 0.25) is 0 Å². The number of rotatable bonds is 2. The molecule has 4 heteroatoms. The Balaban J connectivity index is 2.01. The van der Waals surface area contributed by atoms with Gasteiger partial charge in [-0.15, -0.1) is 0 Å². The summed E-state index contributed by atoms with van der Waals surface area (Å²) in [5, 5.41) is 7.28. The first-order valence-corrected chi connectivity index (χ1v) is 5.14. The van der Waals surface area contributed by atoms with Gasteiger partial charge in [-0.1, -0.05) is 5.16 Å². The van der Waals surface area contributed by atoms with E-state index in [9.17, 15) is 0 Å². The Labute approximate surface area is 84.5 Å². The van der Waals surface area contributed by atoms with E-state index >= 15 is 0 Å². The summed E-state index contributed by atoms with van der Waals surface area (Å²) in [5.74, 6) is 1.01. The van der Waals surface area contributed by atoms with Crippen LogP contribution in [0.5, 0.6) is 0 Å². The number of nitrogens with zero attached hydrogens (tertiary/aromatic N) is 2. The Hall–Kier alpha value is -0.870. The van der Waals surface area contributed by atoms with Crippen molar-refractivity contribution in [1.82, 2.24) is 10.5 Å². The smallest absolute Gasteiger partial charge is 0.191 e. The lowest BCUT2D eigenvalue weighted by Crippen LogP contribution is -2.55. The number of likely N-dealkylation sites (N-methyl/N-ethyl adjacent to an activating group) is 1. The zero-order valence-electron chi connectivity index (χ0n) is 8.92. The number of piperazine rings is 1. The van der Waals surface area contributed by atoms with Gasteiger partial charge in [0.1, 0.15) is 6.54 Å². The van der Waals surface area contributed by atoms with E-state index in [0.717, 1.165) is 35.6 Å². The molecule has 0 saturated carbocycles. The molecular formula is C10H18N3O+. The predicted molar refractivity (Wildman–Crippen MR) is 53.7 cm³/mol. The molecule has 1 saturated heterocycles. The average Bonchev–Trinajstić information content (AvgIpc) is 2.51. The fourth-order valence-electron chi connectivity index (χ4n) is 1.96. The molecule has 1 aromatic rings. The van der Waals surface area contributed by atoms with E-state index in [-0.39, 0.29) is 0 Å². The Morgan fingerprint density at radius 3 is 2.79 bits per heavy atom. The molecule has 4 nitrogen and oxygen atoms in total. The fraction of sp³-hybridized carbons (Fsp3) is 0.700. The third-order valence-corrected chi connectivity index (χ3v) is 2.87. The second-order valence-corrected chi connectivity index (χ2v) is 4.41. The highest BCUT2D eigenvalue weighted by Gasteiger charge is 2.26. The summed E-state index contributed by atoms with van der Waals surface area (Å²) in [6.45, 7) is 7.46. The van der Waals surface area contributed by atoms with Crippen LogP contribution in [0.2, 0.25) is 0 Å². The minimum absolute atomic E-state index is 0.961. The van der Waals surface area contributed by atoms with Gasteiger partial charge in [0.15, 0.2) is 5.76 Å². The van der Waals surface area contributed by atoms with E-state index in [1.54, 1.807) is 0 Å². The van der Waals surface area contributed by atoms with Crippen molar-refractivity contribution in [3.8, 4) is 0 Å². The second-order valence-electron chi connectivity index (χ2n) is 4.41. The van der Waals surface area contributed by atoms with Gasteiger partial charge in [-0.25, -0.2) is 0 Å². The molecule has 0 radical (unpaired) electrons. The van der Waals surface area contributed by atoms with Gasteiger partial charge in [0.05, 0.1) is 25.8 Å². The molecule has 0 spiro atoms. The number of aryl methyl sites for hydroxylation is 1. The standard InChI is InChI=1S/C10H18N3O/c1-9-7-10(14-12-9)8-13(2)5-3-11-4-6-13/h7,11H,3-6,8H2,1-2H3/q+1. The Morgan fingerprint density at radius 2 is 2.21 bits per heavy atom. The van der Waals surface area contributed by atoms with Crippen LogP contribution in [0.25, 0.3) is 0 Å². The van der Waals surface area contributed by atoms with E-state index < -0.39 is 0 Å². The van der Waals surface area contributed by atoms with Crippen LogP contribution >= 0.6 is 0 Å². The van der Waals surface area contributed by atoms with Crippen molar-refractivity contribution in [2.45, 2.75) is 13.5 Å². The molecule has 0 aliphatic carbocycles. The van der Waals surface area contributed by atoms with Crippen molar-refractivity contribution in [2.75, 3.05) is 33.2 Å². The molecule has 0 amide bonds.